The van der Waals surface area contributed by atoms with Gasteiger partial charge in [-0.15, -0.1) is 6.58 Å². The van der Waals surface area contributed by atoms with Gasteiger partial charge in [0.2, 0.25) is 11.9 Å². The zero-order chi connectivity index (χ0) is 15.7. The maximum Gasteiger partial charge on any atom is 0.244 e. The summed E-state index contributed by atoms with van der Waals surface area (Å²) < 4.78 is 0. The van der Waals surface area contributed by atoms with Gasteiger partial charge >= 0.3 is 0 Å². The number of hydrogen-bond acceptors (Lipinski definition) is 5. The standard InChI is InChI=1S/C16H23N5O/c1-4-6-21-9-8-19(3)14(22)16(21)5-7-20(12-16)15-17-10-13(2)11-18-15/h4,10-11H,1,5-9,12H2,2-3H3/t16-/m1/s1. The van der Waals surface area contributed by atoms with Gasteiger partial charge < -0.3 is 9.80 Å². The molecule has 2 aliphatic heterocycles. The van der Waals surface area contributed by atoms with E-state index < -0.39 is 5.54 Å². The number of carbonyl (C=O) groups is 1. The molecule has 0 radical (unpaired) electrons. The minimum absolute atomic E-state index is 0.204. The van der Waals surface area contributed by atoms with Crippen molar-refractivity contribution in [2.45, 2.75) is 18.9 Å². The van der Waals surface area contributed by atoms with Crippen molar-refractivity contribution in [3.63, 3.8) is 0 Å². The summed E-state index contributed by atoms with van der Waals surface area (Å²) in [5.41, 5.74) is 0.578. The van der Waals surface area contributed by atoms with Crippen molar-refractivity contribution in [2.75, 3.05) is 44.7 Å². The van der Waals surface area contributed by atoms with Crippen LogP contribution in [-0.4, -0.2) is 71.0 Å². The smallest absolute Gasteiger partial charge is 0.244 e. The Morgan fingerprint density at radius 1 is 1.32 bits per heavy atom. The topological polar surface area (TPSA) is 52.6 Å². The Balaban J connectivity index is 1.86. The van der Waals surface area contributed by atoms with Crippen LogP contribution < -0.4 is 4.90 Å². The van der Waals surface area contributed by atoms with Crippen molar-refractivity contribution in [1.82, 2.24) is 19.8 Å². The first-order valence-electron chi connectivity index (χ1n) is 7.72. The first-order chi connectivity index (χ1) is 10.6. The van der Waals surface area contributed by atoms with Crippen LogP contribution in [0.3, 0.4) is 0 Å². The quantitative estimate of drug-likeness (QED) is 0.769. The van der Waals surface area contributed by atoms with Crippen LogP contribution in [0.2, 0.25) is 0 Å². The summed E-state index contributed by atoms with van der Waals surface area (Å²) in [4.78, 5) is 27.9. The van der Waals surface area contributed by atoms with Crippen LogP contribution in [0.4, 0.5) is 5.95 Å². The van der Waals surface area contributed by atoms with Gasteiger partial charge in [-0.3, -0.25) is 9.69 Å². The minimum Gasteiger partial charge on any atom is -0.343 e. The lowest BCUT2D eigenvalue weighted by atomic mass is 9.91. The van der Waals surface area contributed by atoms with E-state index in [0.717, 1.165) is 38.2 Å². The highest BCUT2D eigenvalue weighted by molar-refractivity contribution is 5.88. The van der Waals surface area contributed by atoms with Gasteiger partial charge in [0.25, 0.3) is 0 Å². The number of rotatable bonds is 3. The maximum atomic E-state index is 12.8. The van der Waals surface area contributed by atoms with E-state index in [1.807, 2.05) is 37.3 Å². The third kappa shape index (κ3) is 2.37. The van der Waals surface area contributed by atoms with Gasteiger partial charge in [-0.1, -0.05) is 6.08 Å². The molecular weight excluding hydrogens is 278 g/mol. The second-order valence-corrected chi connectivity index (χ2v) is 6.22. The van der Waals surface area contributed by atoms with Crippen molar-refractivity contribution in [2.24, 2.45) is 0 Å². The average Bonchev–Trinajstić information content (AvgIpc) is 2.95. The molecule has 0 unspecified atom stereocenters. The molecule has 0 aliphatic carbocycles. The maximum absolute atomic E-state index is 12.8. The van der Waals surface area contributed by atoms with E-state index in [4.69, 9.17) is 0 Å². The van der Waals surface area contributed by atoms with Gasteiger partial charge in [0.05, 0.1) is 0 Å². The Hall–Kier alpha value is -1.95. The van der Waals surface area contributed by atoms with Gasteiger partial charge in [-0.05, 0) is 18.9 Å². The van der Waals surface area contributed by atoms with Gasteiger partial charge in [0.1, 0.15) is 5.54 Å². The largest absolute Gasteiger partial charge is 0.343 e. The Labute approximate surface area is 131 Å². The molecule has 6 heteroatoms. The fourth-order valence-electron chi connectivity index (χ4n) is 3.44. The van der Waals surface area contributed by atoms with Gasteiger partial charge in [-0.25, -0.2) is 9.97 Å². The van der Waals surface area contributed by atoms with E-state index >= 15 is 0 Å². The second kappa shape index (κ2) is 5.68. The third-order valence-corrected chi connectivity index (χ3v) is 4.70. The molecule has 0 aromatic carbocycles. The molecule has 2 fully saturated rings. The summed E-state index contributed by atoms with van der Waals surface area (Å²) in [5, 5.41) is 0. The fraction of sp³-hybridized carbons (Fsp3) is 0.562. The summed E-state index contributed by atoms with van der Waals surface area (Å²) in [6.45, 7) is 9.65. The van der Waals surface area contributed by atoms with Gasteiger partial charge in [-0.2, -0.15) is 0 Å². The summed E-state index contributed by atoms with van der Waals surface area (Å²) in [5.74, 6) is 0.914. The van der Waals surface area contributed by atoms with E-state index in [-0.39, 0.29) is 5.91 Å². The van der Waals surface area contributed by atoms with E-state index in [1.54, 1.807) is 0 Å². The summed E-state index contributed by atoms with van der Waals surface area (Å²) >= 11 is 0. The van der Waals surface area contributed by atoms with Gasteiger partial charge in [0.15, 0.2) is 0 Å². The first kappa shape index (κ1) is 15.0. The fourth-order valence-corrected chi connectivity index (χ4v) is 3.44. The molecular formula is C16H23N5O. The highest BCUT2D eigenvalue weighted by Gasteiger charge is 2.52. The van der Waals surface area contributed by atoms with Crippen LogP contribution in [0.15, 0.2) is 25.0 Å². The van der Waals surface area contributed by atoms with Crippen molar-refractivity contribution >= 4 is 11.9 Å². The summed E-state index contributed by atoms with van der Waals surface area (Å²) in [6, 6.07) is 0. The lowest BCUT2D eigenvalue weighted by Crippen LogP contribution is -2.66. The van der Waals surface area contributed by atoms with Crippen LogP contribution >= 0.6 is 0 Å². The Bertz CT molecular complexity index is 572. The number of carbonyl (C=O) groups excluding carboxylic acids is 1. The van der Waals surface area contributed by atoms with Crippen LogP contribution in [0, 0.1) is 6.92 Å². The van der Waals surface area contributed by atoms with Crippen LogP contribution in [0.25, 0.3) is 0 Å². The molecule has 6 nitrogen and oxygen atoms in total. The molecule has 0 saturated carbocycles. The monoisotopic (exact) mass is 301 g/mol. The average molecular weight is 301 g/mol. The number of aromatic nitrogens is 2. The molecule has 2 aliphatic rings. The SMILES string of the molecule is C=CCN1CCN(C)C(=O)[C@]12CCN(c1ncc(C)cn1)C2. The zero-order valence-corrected chi connectivity index (χ0v) is 13.3. The van der Waals surface area contributed by atoms with Crippen LogP contribution in [0.5, 0.6) is 0 Å². The number of anilines is 1. The number of hydrogen-bond donors (Lipinski definition) is 0. The van der Waals surface area contributed by atoms with E-state index in [9.17, 15) is 4.79 Å². The van der Waals surface area contributed by atoms with Crippen molar-refractivity contribution in [1.29, 1.82) is 0 Å². The molecule has 0 bridgehead atoms. The Morgan fingerprint density at radius 2 is 2.05 bits per heavy atom. The molecule has 1 aromatic rings. The molecule has 1 aromatic heterocycles. The number of likely N-dealkylation sites (N-methyl/N-ethyl adjacent to an activating group) is 1. The van der Waals surface area contributed by atoms with Crippen LogP contribution in [-0.2, 0) is 4.79 Å². The first-order valence-corrected chi connectivity index (χ1v) is 7.72. The lowest BCUT2D eigenvalue weighted by Gasteiger charge is -2.46. The molecule has 1 spiro atoms. The molecule has 118 valence electrons. The molecule has 2 saturated heterocycles. The van der Waals surface area contributed by atoms with E-state index in [2.05, 4.69) is 26.3 Å². The predicted molar refractivity (Wildman–Crippen MR) is 85.7 cm³/mol. The minimum atomic E-state index is -0.463. The highest BCUT2D eigenvalue weighted by Crippen LogP contribution is 2.33. The van der Waals surface area contributed by atoms with Crippen molar-refractivity contribution < 1.29 is 4.79 Å². The van der Waals surface area contributed by atoms with E-state index in [1.165, 1.54) is 0 Å². The van der Waals surface area contributed by atoms with E-state index in [0.29, 0.717) is 12.5 Å². The highest BCUT2D eigenvalue weighted by atomic mass is 16.2. The zero-order valence-electron chi connectivity index (χ0n) is 13.3. The lowest BCUT2D eigenvalue weighted by molar-refractivity contribution is -0.147. The van der Waals surface area contributed by atoms with Crippen LogP contribution in [0.1, 0.15) is 12.0 Å². The summed E-state index contributed by atoms with van der Waals surface area (Å²) in [7, 11) is 1.89. The molecule has 1 amide bonds. The van der Waals surface area contributed by atoms with Crippen molar-refractivity contribution in [3.05, 3.63) is 30.6 Å². The van der Waals surface area contributed by atoms with Gasteiger partial charge in [0, 0.05) is 52.2 Å². The normalized spacial score (nSPS) is 26.0. The molecule has 3 rings (SSSR count). The third-order valence-electron chi connectivity index (χ3n) is 4.70. The van der Waals surface area contributed by atoms with Crippen molar-refractivity contribution in [3.8, 4) is 0 Å². The number of piperazine rings is 1. The Morgan fingerprint density at radius 3 is 2.73 bits per heavy atom. The second-order valence-electron chi connectivity index (χ2n) is 6.22. The molecule has 0 N–H and O–H groups in total. The molecule has 1 atom stereocenters. The Kier molecular flexibility index (Phi) is 3.87. The number of nitrogens with zero attached hydrogens (tertiary/aromatic N) is 5. The molecule has 22 heavy (non-hydrogen) atoms. The molecule has 3 heterocycles. The summed E-state index contributed by atoms with van der Waals surface area (Å²) in [6.07, 6.45) is 6.33. The number of amides is 1. The predicted octanol–water partition coefficient (Wildman–Crippen LogP) is 0.694. The number of aryl methyl sites for hydroxylation is 1.